The van der Waals surface area contributed by atoms with Crippen molar-refractivity contribution in [3.63, 3.8) is 0 Å². The number of amides is 2. The van der Waals surface area contributed by atoms with E-state index in [2.05, 4.69) is 15.4 Å². The standard InChI is InChI=1S/C29H30N4O5/c1-32(2)16-17-33(3)28(35)20-10-12-21(13-11-20)30-26(19-8-6-5-7-9-19)25-23-15-14-22(38-29(36)37-4)18-24(23)31-27(25)34/h5-15,18,30H,16-17H2,1-4H3,(H,31,34)/b26-25-. The lowest BCUT2D eigenvalue weighted by molar-refractivity contribution is -0.110. The van der Waals surface area contributed by atoms with Gasteiger partial charge in [0.15, 0.2) is 0 Å². The van der Waals surface area contributed by atoms with Gasteiger partial charge in [-0.05, 0) is 56.1 Å². The number of fused-ring (bicyclic) bond motifs is 1. The maximum atomic E-state index is 13.2. The highest BCUT2D eigenvalue weighted by Gasteiger charge is 2.29. The van der Waals surface area contributed by atoms with Gasteiger partial charge in [-0.3, -0.25) is 9.59 Å². The average Bonchev–Trinajstić information content (AvgIpc) is 3.25. The van der Waals surface area contributed by atoms with Crippen LogP contribution in [0.25, 0.3) is 11.3 Å². The Labute approximate surface area is 221 Å². The van der Waals surface area contributed by atoms with Gasteiger partial charge in [0.25, 0.3) is 11.8 Å². The number of benzene rings is 3. The zero-order chi connectivity index (χ0) is 27.2. The molecule has 0 aliphatic carbocycles. The van der Waals surface area contributed by atoms with Crippen molar-refractivity contribution in [3.05, 3.63) is 89.5 Å². The van der Waals surface area contributed by atoms with Gasteiger partial charge in [-0.15, -0.1) is 0 Å². The third-order valence-corrected chi connectivity index (χ3v) is 6.05. The molecule has 0 radical (unpaired) electrons. The number of hydrogen-bond acceptors (Lipinski definition) is 7. The van der Waals surface area contributed by atoms with Crippen LogP contribution in [0.5, 0.6) is 5.75 Å². The summed E-state index contributed by atoms with van der Waals surface area (Å²) >= 11 is 0. The van der Waals surface area contributed by atoms with Crippen LogP contribution < -0.4 is 15.4 Å². The lowest BCUT2D eigenvalue weighted by Gasteiger charge is -2.20. The van der Waals surface area contributed by atoms with Crippen molar-refractivity contribution >= 4 is 40.6 Å². The second kappa shape index (κ2) is 11.6. The van der Waals surface area contributed by atoms with Crippen molar-refractivity contribution in [3.8, 4) is 5.75 Å². The smallest absolute Gasteiger partial charge is 0.437 e. The zero-order valence-electron chi connectivity index (χ0n) is 21.8. The van der Waals surface area contributed by atoms with E-state index in [4.69, 9.17) is 4.74 Å². The summed E-state index contributed by atoms with van der Waals surface area (Å²) in [7, 11) is 6.95. The number of rotatable bonds is 8. The highest BCUT2D eigenvalue weighted by atomic mass is 16.7. The molecule has 0 unspecified atom stereocenters. The van der Waals surface area contributed by atoms with Gasteiger partial charge in [-0.1, -0.05) is 30.3 Å². The van der Waals surface area contributed by atoms with Gasteiger partial charge >= 0.3 is 6.16 Å². The van der Waals surface area contributed by atoms with E-state index in [1.165, 1.54) is 7.11 Å². The van der Waals surface area contributed by atoms with Crippen LogP contribution in [0.3, 0.4) is 0 Å². The van der Waals surface area contributed by atoms with Crippen LogP contribution in [-0.4, -0.2) is 69.1 Å². The van der Waals surface area contributed by atoms with Crippen LogP contribution in [0.1, 0.15) is 21.5 Å². The molecule has 2 N–H and O–H groups in total. The number of nitrogens with one attached hydrogen (secondary N) is 2. The van der Waals surface area contributed by atoms with E-state index in [1.54, 1.807) is 42.3 Å². The maximum absolute atomic E-state index is 13.2. The summed E-state index contributed by atoms with van der Waals surface area (Å²) in [4.78, 5) is 41.2. The molecule has 0 atom stereocenters. The fourth-order valence-electron chi connectivity index (χ4n) is 4.00. The largest absolute Gasteiger partial charge is 0.513 e. The van der Waals surface area contributed by atoms with Crippen molar-refractivity contribution in [2.24, 2.45) is 0 Å². The number of methoxy groups -OCH3 is 1. The molecule has 0 bridgehead atoms. The summed E-state index contributed by atoms with van der Waals surface area (Å²) < 4.78 is 9.64. The van der Waals surface area contributed by atoms with E-state index < -0.39 is 6.16 Å². The van der Waals surface area contributed by atoms with E-state index in [-0.39, 0.29) is 17.6 Å². The molecule has 0 saturated heterocycles. The summed E-state index contributed by atoms with van der Waals surface area (Å²) in [6.07, 6.45) is -0.845. The Bertz CT molecular complexity index is 1370. The van der Waals surface area contributed by atoms with E-state index >= 15 is 0 Å². The Balaban J connectivity index is 1.65. The molecule has 1 aliphatic heterocycles. The van der Waals surface area contributed by atoms with Gasteiger partial charge in [0, 0.05) is 43.0 Å². The highest BCUT2D eigenvalue weighted by Crippen LogP contribution is 2.39. The molecule has 0 aromatic heterocycles. The molecular formula is C29H30N4O5. The first-order chi connectivity index (χ1) is 18.3. The predicted octanol–water partition coefficient (Wildman–Crippen LogP) is 4.40. The van der Waals surface area contributed by atoms with E-state index in [1.807, 2.05) is 61.5 Å². The predicted molar refractivity (Wildman–Crippen MR) is 147 cm³/mol. The van der Waals surface area contributed by atoms with Gasteiger partial charge in [-0.25, -0.2) is 4.79 Å². The molecule has 0 saturated carbocycles. The minimum Gasteiger partial charge on any atom is -0.437 e. The third kappa shape index (κ3) is 6.01. The van der Waals surface area contributed by atoms with Gasteiger partial charge < -0.3 is 29.9 Å². The molecule has 1 aliphatic rings. The average molecular weight is 515 g/mol. The number of likely N-dealkylation sites (N-methyl/N-ethyl adjacent to an activating group) is 2. The van der Waals surface area contributed by atoms with Crippen LogP contribution in [-0.2, 0) is 9.53 Å². The molecule has 0 spiro atoms. The van der Waals surface area contributed by atoms with Crippen LogP contribution >= 0.6 is 0 Å². The van der Waals surface area contributed by atoms with Crippen molar-refractivity contribution in [2.45, 2.75) is 0 Å². The molecule has 9 nitrogen and oxygen atoms in total. The molecule has 4 rings (SSSR count). The first kappa shape index (κ1) is 26.4. The number of ether oxygens (including phenoxy) is 2. The van der Waals surface area contributed by atoms with Crippen molar-refractivity contribution in [2.75, 3.05) is 52.0 Å². The van der Waals surface area contributed by atoms with E-state index in [0.29, 0.717) is 34.6 Å². The molecule has 3 aromatic rings. The summed E-state index contributed by atoms with van der Waals surface area (Å²) in [6, 6.07) is 21.6. The van der Waals surface area contributed by atoms with Crippen LogP contribution in [0.15, 0.2) is 72.8 Å². The maximum Gasteiger partial charge on any atom is 0.513 e. The Morgan fingerprint density at radius 2 is 1.61 bits per heavy atom. The van der Waals surface area contributed by atoms with Crippen molar-refractivity contribution < 1.29 is 23.9 Å². The first-order valence-corrected chi connectivity index (χ1v) is 12.1. The normalized spacial score (nSPS) is 13.4. The van der Waals surface area contributed by atoms with Crippen molar-refractivity contribution in [1.29, 1.82) is 0 Å². The summed E-state index contributed by atoms with van der Waals surface area (Å²) in [6.45, 7) is 1.40. The molecule has 196 valence electrons. The molecule has 9 heteroatoms. The first-order valence-electron chi connectivity index (χ1n) is 12.1. The minimum atomic E-state index is -0.845. The molecule has 3 aromatic carbocycles. The molecular weight excluding hydrogens is 484 g/mol. The Morgan fingerprint density at radius 1 is 0.895 bits per heavy atom. The van der Waals surface area contributed by atoms with E-state index in [9.17, 15) is 14.4 Å². The summed E-state index contributed by atoms with van der Waals surface area (Å²) in [5.41, 5.74) is 4.33. The van der Waals surface area contributed by atoms with E-state index in [0.717, 1.165) is 17.8 Å². The van der Waals surface area contributed by atoms with Gasteiger partial charge in [0.1, 0.15) is 5.75 Å². The molecule has 0 fully saturated rings. The molecule has 1 heterocycles. The quantitative estimate of drug-likeness (QED) is 0.261. The van der Waals surface area contributed by atoms with Gasteiger partial charge in [-0.2, -0.15) is 0 Å². The lowest BCUT2D eigenvalue weighted by Crippen LogP contribution is -2.33. The molecule has 38 heavy (non-hydrogen) atoms. The second-order valence-corrected chi connectivity index (χ2v) is 9.07. The Morgan fingerprint density at radius 3 is 2.26 bits per heavy atom. The number of nitrogens with zero attached hydrogens (tertiary/aromatic N) is 2. The van der Waals surface area contributed by atoms with Crippen LogP contribution in [0.2, 0.25) is 0 Å². The number of hydrogen-bond donors (Lipinski definition) is 2. The highest BCUT2D eigenvalue weighted by molar-refractivity contribution is 6.37. The Kier molecular flexibility index (Phi) is 8.08. The zero-order valence-corrected chi connectivity index (χ0v) is 21.8. The number of carbonyl (C=O) groups is 3. The lowest BCUT2D eigenvalue weighted by atomic mass is 10.00. The molecule has 2 amide bonds. The fraction of sp³-hybridized carbons (Fsp3) is 0.207. The minimum absolute atomic E-state index is 0.0610. The summed E-state index contributed by atoms with van der Waals surface area (Å²) in [5, 5.41) is 6.23. The van der Waals surface area contributed by atoms with Crippen LogP contribution in [0.4, 0.5) is 16.2 Å². The topological polar surface area (TPSA) is 100 Å². The summed E-state index contributed by atoms with van der Waals surface area (Å²) in [5.74, 6) is -0.104. The van der Waals surface area contributed by atoms with Crippen molar-refractivity contribution in [1.82, 2.24) is 9.80 Å². The Hall–Kier alpha value is -4.63. The van der Waals surface area contributed by atoms with Gasteiger partial charge in [0.05, 0.1) is 24.1 Å². The number of carbonyl (C=O) groups excluding carboxylic acids is 3. The number of anilines is 2. The van der Waals surface area contributed by atoms with Crippen LogP contribution in [0, 0.1) is 0 Å². The van der Waals surface area contributed by atoms with Gasteiger partial charge in [0.2, 0.25) is 0 Å². The SMILES string of the molecule is COC(=O)Oc1ccc2c(c1)NC(=O)/C2=C(\Nc1ccc(C(=O)N(C)CCN(C)C)cc1)c1ccccc1. The monoisotopic (exact) mass is 514 g/mol. The second-order valence-electron chi connectivity index (χ2n) is 9.07. The third-order valence-electron chi connectivity index (χ3n) is 6.05. The fourth-order valence-corrected chi connectivity index (χ4v) is 4.00.